The third kappa shape index (κ3) is 9.22. The zero-order chi connectivity index (χ0) is 21.4. The first-order valence-electron chi connectivity index (χ1n) is 8.06. The molecule has 154 valence electrons. The fraction of sp³-hybridized carbons (Fsp3) is 0.500. The smallest absolute Gasteiger partial charge is 0.426 e. The van der Waals surface area contributed by atoms with Gasteiger partial charge >= 0.3 is 18.1 Å². The molecule has 0 amide bonds. The van der Waals surface area contributed by atoms with E-state index in [1.165, 1.54) is 0 Å². The molecule has 0 heterocycles. The molecule has 2 radical (unpaired) electrons. The lowest BCUT2D eigenvalue weighted by molar-refractivity contribution is -0.215. The molecule has 0 saturated carbocycles. The zero-order valence-electron chi connectivity index (χ0n) is 14.6. The fourth-order valence-electron chi connectivity index (χ4n) is 2.11. The maximum atomic E-state index is 12.6. The van der Waals surface area contributed by atoms with E-state index in [2.05, 4.69) is 4.74 Å². The van der Waals surface area contributed by atoms with Gasteiger partial charge in [0.15, 0.2) is 0 Å². The second-order valence-corrected chi connectivity index (χ2v) is 7.25. The van der Waals surface area contributed by atoms with Crippen LogP contribution < -0.4 is 0 Å². The molecule has 28 heavy (non-hydrogen) atoms. The van der Waals surface area contributed by atoms with Crippen LogP contribution in [0.3, 0.4) is 0 Å². The Morgan fingerprint density at radius 1 is 1.11 bits per heavy atom. The summed E-state index contributed by atoms with van der Waals surface area (Å²) in [6, 6.07) is 7.00. The highest BCUT2D eigenvalue weighted by atomic mass is 32.2. The van der Waals surface area contributed by atoms with Crippen molar-refractivity contribution in [2.75, 3.05) is 5.75 Å². The van der Waals surface area contributed by atoms with Gasteiger partial charge in [0.25, 0.3) is 10.1 Å². The molecule has 1 aromatic rings. The van der Waals surface area contributed by atoms with E-state index in [9.17, 15) is 31.2 Å². The maximum Gasteiger partial charge on any atom is 0.426 e. The van der Waals surface area contributed by atoms with Crippen molar-refractivity contribution in [2.45, 2.75) is 44.5 Å². The van der Waals surface area contributed by atoms with E-state index in [0.29, 0.717) is 5.56 Å². The molecule has 1 atom stereocenters. The average Bonchev–Trinajstić information content (AvgIpc) is 2.57. The van der Waals surface area contributed by atoms with Crippen LogP contribution in [0.25, 0.3) is 0 Å². The van der Waals surface area contributed by atoms with Gasteiger partial charge in [-0.15, -0.1) is 0 Å². The predicted molar refractivity (Wildman–Crippen MR) is 91.9 cm³/mol. The van der Waals surface area contributed by atoms with Gasteiger partial charge in [-0.25, -0.2) is 0 Å². The summed E-state index contributed by atoms with van der Waals surface area (Å²) in [5.41, 5.74) is 1.49. The monoisotopic (exact) mass is 422 g/mol. The van der Waals surface area contributed by atoms with Crippen molar-refractivity contribution < 1.29 is 45.2 Å². The van der Waals surface area contributed by atoms with Crippen LogP contribution in [-0.2, 0) is 42.1 Å². The normalized spacial score (nSPS) is 13.0. The van der Waals surface area contributed by atoms with Crippen LogP contribution in [0, 0.1) is 0 Å². The first-order valence-corrected chi connectivity index (χ1v) is 9.67. The van der Waals surface area contributed by atoms with Crippen LogP contribution in [0.2, 0.25) is 0 Å². The van der Waals surface area contributed by atoms with Crippen molar-refractivity contribution in [2.24, 2.45) is 0 Å². The predicted octanol–water partition coefficient (Wildman–Crippen LogP) is 1.93. The first-order chi connectivity index (χ1) is 12.9. The van der Waals surface area contributed by atoms with Gasteiger partial charge in [0, 0.05) is 12.8 Å². The maximum absolute atomic E-state index is 12.6. The topological polar surface area (TPSA) is 107 Å². The Bertz CT molecular complexity index is 781. The molecule has 12 heteroatoms. The Kier molecular flexibility index (Phi) is 8.96. The summed E-state index contributed by atoms with van der Waals surface area (Å²) in [7, 11) is 0.548. The van der Waals surface area contributed by atoms with Gasteiger partial charge in [-0.1, -0.05) is 30.6 Å². The third-order valence-corrected chi connectivity index (χ3v) is 4.21. The number of esters is 2. The van der Waals surface area contributed by atoms with Crippen LogP contribution in [-0.4, -0.2) is 50.8 Å². The summed E-state index contributed by atoms with van der Waals surface area (Å²) in [6.07, 6.45) is -8.88. The second-order valence-electron chi connectivity index (χ2n) is 5.76. The average molecular weight is 422 g/mol. The van der Waals surface area contributed by atoms with Crippen LogP contribution in [0.4, 0.5) is 13.2 Å². The number of hydrogen-bond acceptors (Lipinski definition) is 6. The minimum atomic E-state index is -5.17. The molecule has 1 aromatic carbocycles. The van der Waals surface area contributed by atoms with Gasteiger partial charge < -0.3 is 9.47 Å². The standard InChI is InChI=1S/C16H18BF3O7S/c17-8-11-4-1-2-5-12(11)9-26-14(21)6-3-7-15(22)27-13(16(18,19)20)10-28(23,24)25/h1-2,4-5,13H,3,6-10H2,(H,23,24,25). The van der Waals surface area contributed by atoms with Crippen molar-refractivity contribution in [1.82, 2.24) is 0 Å². The summed E-state index contributed by atoms with van der Waals surface area (Å²) in [5, 5.41) is 0. The summed E-state index contributed by atoms with van der Waals surface area (Å²) in [5.74, 6) is -3.83. The van der Waals surface area contributed by atoms with Crippen molar-refractivity contribution >= 4 is 29.9 Å². The van der Waals surface area contributed by atoms with Gasteiger partial charge in [0.2, 0.25) is 6.10 Å². The van der Waals surface area contributed by atoms with Gasteiger partial charge in [-0.3, -0.25) is 14.1 Å². The van der Waals surface area contributed by atoms with E-state index in [0.717, 1.165) is 5.56 Å². The van der Waals surface area contributed by atoms with Crippen molar-refractivity contribution in [3.05, 3.63) is 35.4 Å². The molecule has 0 fully saturated rings. The molecular weight excluding hydrogens is 404 g/mol. The second kappa shape index (κ2) is 10.5. The van der Waals surface area contributed by atoms with Crippen LogP contribution >= 0.6 is 0 Å². The first kappa shape index (κ1) is 24.0. The van der Waals surface area contributed by atoms with E-state index in [-0.39, 0.29) is 25.8 Å². The van der Waals surface area contributed by atoms with E-state index in [1.807, 2.05) is 0 Å². The van der Waals surface area contributed by atoms with Crippen molar-refractivity contribution in [3.8, 4) is 0 Å². The van der Waals surface area contributed by atoms with Crippen LogP contribution in [0.5, 0.6) is 0 Å². The minimum Gasteiger partial charge on any atom is -0.461 e. The molecular formula is C16H18BF3O7S. The Labute approximate surface area is 161 Å². The molecule has 0 aliphatic heterocycles. The number of benzene rings is 1. The number of alkyl halides is 3. The van der Waals surface area contributed by atoms with Crippen LogP contribution in [0.1, 0.15) is 30.4 Å². The van der Waals surface area contributed by atoms with E-state index in [4.69, 9.17) is 17.1 Å². The molecule has 0 aliphatic rings. The zero-order valence-corrected chi connectivity index (χ0v) is 15.5. The molecule has 0 saturated heterocycles. The van der Waals surface area contributed by atoms with Crippen molar-refractivity contribution in [1.29, 1.82) is 0 Å². The molecule has 0 aromatic heterocycles. The summed E-state index contributed by atoms with van der Waals surface area (Å²) < 4.78 is 76.7. The Balaban J connectivity index is 2.43. The SMILES string of the molecule is [B]Cc1ccccc1COC(=O)CCCC(=O)OC(CS(=O)(=O)O)C(F)(F)F. The number of halogens is 3. The van der Waals surface area contributed by atoms with E-state index < -0.39 is 46.5 Å². The Morgan fingerprint density at radius 2 is 1.68 bits per heavy atom. The number of carbonyl (C=O) groups excluding carboxylic acids is 2. The molecule has 1 unspecified atom stereocenters. The molecule has 1 rings (SSSR count). The van der Waals surface area contributed by atoms with Gasteiger partial charge in [0.05, 0.1) is 7.85 Å². The van der Waals surface area contributed by atoms with Gasteiger partial charge in [0.1, 0.15) is 12.4 Å². The summed E-state index contributed by atoms with van der Waals surface area (Å²) >= 11 is 0. The van der Waals surface area contributed by atoms with Crippen molar-refractivity contribution in [3.63, 3.8) is 0 Å². The fourth-order valence-corrected chi connectivity index (χ4v) is 2.75. The van der Waals surface area contributed by atoms with E-state index in [1.54, 1.807) is 24.3 Å². The Hall–Kier alpha value is -2.08. The highest BCUT2D eigenvalue weighted by molar-refractivity contribution is 7.85. The molecule has 0 bridgehead atoms. The largest absolute Gasteiger partial charge is 0.461 e. The number of ether oxygens (including phenoxy) is 2. The lowest BCUT2D eigenvalue weighted by Gasteiger charge is -2.19. The lowest BCUT2D eigenvalue weighted by Crippen LogP contribution is -2.39. The van der Waals surface area contributed by atoms with E-state index >= 15 is 0 Å². The summed E-state index contributed by atoms with van der Waals surface area (Å²) in [6.45, 7) is -0.0405. The quantitative estimate of drug-likeness (QED) is 0.349. The molecule has 0 spiro atoms. The number of hydrogen-bond donors (Lipinski definition) is 1. The highest BCUT2D eigenvalue weighted by Gasteiger charge is 2.45. The Morgan fingerprint density at radius 3 is 2.21 bits per heavy atom. The molecule has 1 N–H and O–H groups in total. The summed E-state index contributed by atoms with van der Waals surface area (Å²) in [4.78, 5) is 23.1. The third-order valence-electron chi connectivity index (χ3n) is 3.49. The number of rotatable bonds is 10. The van der Waals surface area contributed by atoms with Crippen LogP contribution in [0.15, 0.2) is 24.3 Å². The van der Waals surface area contributed by atoms with Gasteiger partial charge in [-0.05, 0) is 17.5 Å². The number of carbonyl (C=O) groups is 2. The minimum absolute atomic E-state index is 0.0405. The lowest BCUT2D eigenvalue weighted by atomic mass is 9.93. The van der Waals surface area contributed by atoms with Gasteiger partial charge in [-0.2, -0.15) is 21.6 Å². The molecule has 0 aliphatic carbocycles. The highest BCUT2D eigenvalue weighted by Crippen LogP contribution is 2.24. The molecule has 7 nitrogen and oxygen atoms in total.